The second-order valence-electron chi connectivity index (χ2n) is 14.5. The lowest BCUT2D eigenvalue weighted by Crippen LogP contribution is -2.56. The zero-order chi connectivity index (χ0) is 41.9. The highest BCUT2D eigenvalue weighted by atomic mass is 35.5. The summed E-state index contributed by atoms with van der Waals surface area (Å²) in [5.41, 5.74) is 6.26. The molecule has 3 N–H and O–H groups in total. The fraction of sp³-hybridized carbons (Fsp3) is 0.149. The third-order valence-electron chi connectivity index (χ3n) is 10.5. The number of hydrogen-bond acceptors (Lipinski definition) is 6. The van der Waals surface area contributed by atoms with Crippen LogP contribution in [0.3, 0.4) is 0 Å². The van der Waals surface area contributed by atoms with Crippen LogP contribution in [0.5, 0.6) is 11.5 Å². The van der Waals surface area contributed by atoms with Crippen molar-refractivity contribution in [3.63, 3.8) is 0 Å². The topological polar surface area (TPSA) is 134 Å². The standard InChI is InChI=1S/C47H36Cl3N3O7/c48-35-15-11-30(12-16-35)29-9-6-27(7-10-29)21-40(47(57)58)52-44(54)41-23-33-22-39-42(24-34(33)25-53(41)46(56)32-4-2-1-3-5-32)60-43(45(55)51-39)31-13-17-36(18-14-31)59-26-28-8-19-37(49)38(50)20-28/h1-20,22,24,40-41,43H,21,23,25-26H2,(H,51,55)(H,52,54)(H,57,58)/t40-,41-,43?/m0/s1. The predicted octanol–water partition coefficient (Wildman–Crippen LogP) is 9.34. The highest BCUT2D eigenvalue weighted by Crippen LogP contribution is 2.40. The second-order valence-corrected chi connectivity index (χ2v) is 15.8. The Bertz CT molecular complexity index is 2590. The Morgan fingerprint density at radius 2 is 1.48 bits per heavy atom. The number of anilines is 1. The van der Waals surface area contributed by atoms with Crippen LogP contribution in [0.15, 0.2) is 133 Å². The summed E-state index contributed by atoms with van der Waals surface area (Å²) in [6.07, 6.45) is -0.881. The number of ether oxygens (including phenoxy) is 2. The van der Waals surface area contributed by atoms with E-state index >= 15 is 0 Å². The zero-order valence-corrected chi connectivity index (χ0v) is 34.0. The van der Waals surface area contributed by atoms with Crippen LogP contribution in [-0.4, -0.2) is 45.8 Å². The van der Waals surface area contributed by atoms with Gasteiger partial charge in [0.15, 0.2) is 0 Å². The molecule has 0 radical (unpaired) electrons. The smallest absolute Gasteiger partial charge is 0.326 e. The molecule has 60 heavy (non-hydrogen) atoms. The number of carboxylic acid groups (broad SMARTS) is 1. The molecule has 8 rings (SSSR count). The van der Waals surface area contributed by atoms with Crippen LogP contribution in [0.2, 0.25) is 15.1 Å². The third-order valence-corrected chi connectivity index (χ3v) is 11.5. The van der Waals surface area contributed by atoms with Crippen molar-refractivity contribution in [2.24, 2.45) is 0 Å². The molecule has 0 saturated carbocycles. The van der Waals surface area contributed by atoms with E-state index in [9.17, 15) is 24.3 Å². The van der Waals surface area contributed by atoms with Gasteiger partial charge >= 0.3 is 5.97 Å². The molecule has 6 aromatic rings. The molecular weight excluding hydrogens is 825 g/mol. The Morgan fingerprint density at radius 1 is 0.800 bits per heavy atom. The van der Waals surface area contributed by atoms with Gasteiger partial charge in [0.25, 0.3) is 11.8 Å². The Balaban J connectivity index is 0.994. The molecule has 0 aliphatic carbocycles. The number of amides is 3. The lowest BCUT2D eigenvalue weighted by Gasteiger charge is -2.37. The van der Waals surface area contributed by atoms with E-state index < -0.39 is 36.0 Å². The Hall–Kier alpha value is -6.33. The maximum Gasteiger partial charge on any atom is 0.326 e. The van der Waals surface area contributed by atoms with Gasteiger partial charge in [-0.15, -0.1) is 0 Å². The number of carbonyl (C=O) groups excluding carboxylic acids is 3. The summed E-state index contributed by atoms with van der Waals surface area (Å²) in [7, 11) is 0. The van der Waals surface area contributed by atoms with Gasteiger partial charge in [-0.3, -0.25) is 14.4 Å². The number of nitrogens with one attached hydrogen (secondary N) is 2. The fourth-order valence-corrected chi connectivity index (χ4v) is 7.76. The van der Waals surface area contributed by atoms with Crippen molar-refractivity contribution in [3.05, 3.63) is 182 Å². The molecule has 3 atom stereocenters. The number of halogens is 3. The minimum Gasteiger partial charge on any atom is -0.489 e. The van der Waals surface area contributed by atoms with Crippen molar-refractivity contribution in [2.75, 3.05) is 5.32 Å². The molecule has 3 amide bonds. The van der Waals surface area contributed by atoms with E-state index in [1.54, 1.807) is 91.0 Å². The van der Waals surface area contributed by atoms with E-state index in [1.165, 1.54) is 4.90 Å². The largest absolute Gasteiger partial charge is 0.489 e. The average Bonchev–Trinajstić information content (AvgIpc) is 3.26. The zero-order valence-electron chi connectivity index (χ0n) is 31.7. The van der Waals surface area contributed by atoms with Gasteiger partial charge in [0.2, 0.25) is 12.0 Å². The SMILES string of the molecule is O=C1Nc2cc3c(cc2OC1c1ccc(OCc2ccc(Cl)c(Cl)c2)cc1)CN(C(=O)c1ccccc1)[C@H](C(=O)N[C@@H](Cc1ccc(-c2ccc(Cl)cc2)cc1)C(=O)O)C3. The highest BCUT2D eigenvalue weighted by molar-refractivity contribution is 6.42. The van der Waals surface area contributed by atoms with Crippen LogP contribution in [0.25, 0.3) is 11.1 Å². The van der Waals surface area contributed by atoms with E-state index in [1.807, 2.05) is 42.5 Å². The predicted molar refractivity (Wildman–Crippen MR) is 230 cm³/mol. The Morgan fingerprint density at radius 3 is 2.17 bits per heavy atom. The monoisotopic (exact) mass is 859 g/mol. The van der Waals surface area contributed by atoms with Crippen LogP contribution >= 0.6 is 34.8 Å². The van der Waals surface area contributed by atoms with Crippen LogP contribution in [-0.2, 0) is 40.4 Å². The maximum atomic E-state index is 14.1. The van der Waals surface area contributed by atoms with Gasteiger partial charge in [0.1, 0.15) is 30.2 Å². The van der Waals surface area contributed by atoms with Gasteiger partial charge in [-0.2, -0.15) is 0 Å². The Kier molecular flexibility index (Phi) is 11.8. The molecule has 1 unspecified atom stereocenters. The highest BCUT2D eigenvalue weighted by Gasteiger charge is 2.39. The molecule has 0 bridgehead atoms. The average molecular weight is 861 g/mol. The summed E-state index contributed by atoms with van der Waals surface area (Å²) >= 11 is 18.2. The normalized spacial score (nSPS) is 16.1. The number of rotatable bonds is 11. The van der Waals surface area contributed by atoms with E-state index in [4.69, 9.17) is 44.3 Å². The molecule has 0 saturated heterocycles. The van der Waals surface area contributed by atoms with Crippen LogP contribution in [0.1, 0.15) is 44.3 Å². The first kappa shape index (κ1) is 40.4. The van der Waals surface area contributed by atoms with Crippen molar-refractivity contribution in [3.8, 4) is 22.6 Å². The van der Waals surface area contributed by atoms with Gasteiger partial charge in [-0.25, -0.2) is 4.79 Å². The summed E-state index contributed by atoms with van der Waals surface area (Å²) < 4.78 is 12.2. The quantitative estimate of drug-likeness (QED) is 0.118. The second kappa shape index (κ2) is 17.5. The number of fused-ring (bicyclic) bond motifs is 2. The number of aliphatic carboxylic acids is 1. The van der Waals surface area contributed by atoms with Gasteiger partial charge in [-0.1, -0.05) is 108 Å². The van der Waals surface area contributed by atoms with Gasteiger partial charge in [-0.05, 0) is 94.0 Å². The van der Waals surface area contributed by atoms with E-state index in [2.05, 4.69) is 10.6 Å². The van der Waals surface area contributed by atoms with Crippen LogP contribution < -0.4 is 20.1 Å². The molecule has 13 heteroatoms. The van der Waals surface area contributed by atoms with E-state index in [0.29, 0.717) is 54.5 Å². The minimum absolute atomic E-state index is 0.0183. The fourth-order valence-electron chi connectivity index (χ4n) is 7.32. The van der Waals surface area contributed by atoms with Crippen molar-refractivity contribution in [1.82, 2.24) is 10.2 Å². The first-order chi connectivity index (χ1) is 29.0. The summed E-state index contributed by atoms with van der Waals surface area (Å²) in [5.74, 6) is -1.62. The number of carboxylic acids is 1. The van der Waals surface area contributed by atoms with Crippen LogP contribution in [0.4, 0.5) is 5.69 Å². The molecular formula is C47H36Cl3N3O7. The molecule has 0 spiro atoms. The molecule has 2 aliphatic heterocycles. The molecule has 302 valence electrons. The number of hydrogen-bond donors (Lipinski definition) is 3. The van der Waals surface area contributed by atoms with Crippen molar-refractivity contribution < 1.29 is 33.8 Å². The molecule has 2 aliphatic rings. The lowest BCUT2D eigenvalue weighted by atomic mass is 9.91. The lowest BCUT2D eigenvalue weighted by molar-refractivity contribution is -0.142. The maximum absolute atomic E-state index is 14.1. The molecule has 6 aromatic carbocycles. The number of carbonyl (C=O) groups is 4. The van der Waals surface area contributed by atoms with Crippen molar-refractivity contribution >= 4 is 64.2 Å². The van der Waals surface area contributed by atoms with Crippen LogP contribution in [0, 0.1) is 0 Å². The van der Waals surface area contributed by atoms with Crippen molar-refractivity contribution in [2.45, 2.75) is 44.2 Å². The summed E-state index contributed by atoms with van der Waals surface area (Å²) in [4.78, 5) is 55.6. The minimum atomic E-state index is -1.27. The van der Waals surface area contributed by atoms with Gasteiger partial charge in [0, 0.05) is 35.5 Å². The van der Waals surface area contributed by atoms with Gasteiger partial charge in [0.05, 0.1) is 15.7 Å². The summed E-state index contributed by atoms with van der Waals surface area (Å²) in [5, 5.41) is 17.4. The first-order valence-corrected chi connectivity index (χ1v) is 20.2. The summed E-state index contributed by atoms with van der Waals surface area (Å²) in [6.45, 7) is 0.299. The summed E-state index contributed by atoms with van der Waals surface area (Å²) in [6, 6.07) is 36.9. The van der Waals surface area contributed by atoms with E-state index in [-0.39, 0.29) is 31.9 Å². The number of nitrogens with zero attached hydrogens (tertiary/aromatic N) is 1. The Labute approximate surface area is 360 Å². The molecule has 0 fully saturated rings. The first-order valence-electron chi connectivity index (χ1n) is 19.0. The molecule has 0 aromatic heterocycles. The third kappa shape index (κ3) is 8.96. The van der Waals surface area contributed by atoms with E-state index in [0.717, 1.165) is 22.3 Å². The van der Waals surface area contributed by atoms with Crippen molar-refractivity contribution in [1.29, 1.82) is 0 Å². The molecule has 2 heterocycles. The number of benzene rings is 6. The van der Waals surface area contributed by atoms with Gasteiger partial charge < -0.3 is 30.1 Å². The molecule has 10 nitrogen and oxygen atoms in total.